The number of aromatic nitrogens is 2. The minimum absolute atomic E-state index is 0.185. The molecule has 4 aromatic carbocycles. The summed E-state index contributed by atoms with van der Waals surface area (Å²) in [5, 5.41) is 0.185. The highest BCUT2D eigenvalue weighted by Crippen LogP contribution is 2.33. The van der Waals surface area contributed by atoms with E-state index in [9.17, 15) is 30.8 Å². The van der Waals surface area contributed by atoms with Gasteiger partial charge in [0.2, 0.25) is 0 Å². The SMILES string of the molecule is O=C1CN(c2ccc(Cn3cc(-c4ccc(F)cc4Cl)nc3/C=C/c3ccc(-c4cccc(C(F)(F)F)c4)cc3)cc2)S(=O)(=O)N1. The van der Waals surface area contributed by atoms with Gasteiger partial charge in [-0.15, -0.1) is 0 Å². The maximum atomic E-state index is 13.7. The smallest absolute Gasteiger partial charge is 0.326 e. The third kappa shape index (κ3) is 6.68. The van der Waals surface area contributed by atoms with Gasteiger partial charge < -0.3 is 4.57 Å². The Bertz CT molecular complexity index is 2080. The summed E-state index contributed by atoms with van der Waals surface area (Å²) in [5.41, 5.74) is 3.27. The quantitative estimate of drug-likeness (QED) is 0.183. The van der Waals surface area contributed by atoms with Gasteiger partial charge >= 0.3 is 16.4 Å². The number of nitrogens with one attached hydrogen (secondary N) is 1. The number of alkyl halides is 3. The van der Waals surface area contributed by atoms with Gasteiger partial charge in [-0.2, -0.15) is 21.6 Å². The Morgan fingerprint density at radius 3 is 2.30 bits per heavy atom. The van der Waals surface area contributed by atoms with Crippen LogP contribution in [0.2, 0.25) is 5.02 Å². The van der Waals surface area contributed by atoms with Crippen molar-refractivity contribution in [2.45, 2.75) is 12.7 Å². The van der Waals surface area contributed by atoms with Crippen LogP contribution in [0.25, 0.3) is 34.5 Å². The fourth-order valence-electron chi connectivity index (χ4n) is 4.99. The zero-order chi connectivity index (χ0) is 32.6. The third-order valence-electron chi connectivity index (χ3n) is 7.27. The summed E-state index contributed by atoms with van der Waals surface area (Å²) in [6, 6.07) is 22.8. The number of rotatable bonds is 7. The summed E-state index contributed by atoms with van der Waals surface area (Å²) < 4.78 is 82.4. The maximum absolute atomic E-state index is 13.7. The molecule has 1 aliphatic rings. The lowest BCUT2D eigenvalue weighted by molar-refractivity contribution is -0.137. The summed E-state index contributed by atoms with van der Waals surface area (Å²) in [7, 11) is -3.94. The van der Waals surface area contributed by atoms with Crippen molar-refractivity contribution in [3.63, 3.8) is 0 Å². The maximum Gasteiger partial charge on any atom is 0.416 e. The number of hydrogen-bond donors (Lipinski definition) is 1. The second-order valence-electron chi connectivity index (χ2n) is 10.5. The van der Waals surface area contributed by atoms with Crippen LogP contribution in [0.1, 0.15) is 22.5 Å². The van der Waals surface area contributed by atoms with E-state index in [1.165, 1.54) is 24.3 Å². The van der Waals surface area contributed by atoms with Crippen molar-refractivity contribution in [1.29, 1.82) is 0 Å². The van der Waals surface area contributed by atoms with Crippen molar-refractivity contribution in [2.75, 3.05) is 10.8 Å². The summed E-state index contributed by atoms with van der Waals surface area (Å²) in [6.45, 7) is 0.0189. The van der Waals surface area contributed by atoms with Crippen molar-refractivity contribution in [1.82, 2.24) is 14.3 Å². The number of anilines is 1. The molecule has 1 aliphatic heterocycles. The molecule has 1 saturated heterocycles. The Hall–Kier alpha value is -4.94. The van der Waals surface area contributed by atoms with E-state index in [0.717, 1.165) is 27.6 Å². The molecule has 46 heavy (non-hydrogen) atoms. The van der Waals surface area contributed by atoms with Crippen LogP contribution in [0, 0.1) is 5.82 Å². The first-order valence-electron chi connectivity index (χ1n) is 13.8. The fraction of sp³-hybridized carbons (Fsp3) is 0.0909. The molecule has 2 heterocycles. The third-order valence-corrected chi connectivity index (χ3v) is 8.99. The fourth-order valence-corrected chi connectivity index (χ4v) is 6.40. The molecular formula is C33H23ClF4N4O3S. The van der Waals surface area contributed by atoms with Crippen LogP contribution in [-0.4, -0.2) is 30.4 Å². The molecule has 1 N–H and O–H groups in total. The second-order valence-corrected chi connectivity index (χ2v) is 12.5. The molecule has 0 radical (unpaired) electrons. The van der Waals surface area contributed by atoms with Gasteiger partial charge in [0.25, 0.3) is 5.91 Å². The zero-order valence-electron chi connectivity index (χ0n) is 23.7. The average molecular weight is 667 g/mol. The van der Waals surface area contributed by atoms with E-state index in [0.29, 0.717) is 40.4 Å². The first-order valence-corrected chi connectivity index (χ1v) is 15.6. The standard InChI is InChI=1S/C33H23ClF4N4O3S/c34-29-17-26(35)11-14-28(29)30-19-41(18-22-6-12-27(13-7-22)42-20-32(43)40-46(42,44)45)31(39-30)15-8-21-4-9-23(10-5-21)24-2-1-3-25(16-24)33(36,37)38/h1-17,19H,18,20H2,(H,40,43)/b15-8+. The first kappa shape index (κ1) is 31.1. The molecule has 0 unspecified atom stereocenters. The topological polar surface area (TPSA) is 84.3 Å². The molecule has 5 aromatic rings. The van der Waals surface area contributed by atoms with Crippen LogP contribution >= 0.6 is 11.6 Å². The molecule has 7 nitrogen and oxygen atoms in total. The Morgan fingerprint density at radius 1 is 0.913 bits per heavy atom. The molecule has 6 rings (SSSR count). The Kier molecular flexibility index (Phi) is 8.17. The lowest BCUT2D eigenvalue weighted by atomic mass is 10.0. The predicted molar refractivity (Wildman–Crippen MR) is 168 cm³/mol. The summed E-state index contributed by atoms with van der Waals surface area (Å²) >= 11 is 6.32. The van der Waals surface area contributed by atoms with E-state index >= 15 is 0 Å². The average Bonchev–Trinajstić information content (AvgIpc) is 3.54. The van der Waals surface area contributed by atoms with E-state index < -0.39 is 33.7 Å². The van der Waals surface area contributed by atoms with Crippen molar-refractivity contribution in [3.8, 4) is 22.4 Å². The largest absolute Gasteiger partial charge is 0.416 e. The van der Waals surface area contributed by atoms with Gasteiger partial charge in [0.1, 0.15) is 18.2 Å². The number of nitrogens with zero attached hydrogens (tertiary/aromatic N) is 3. The Labute approximate surface area is 266 Å². The lowest BCUT2D eigenvalue weighted by Crippen LogP contribution is -2.29. The molecule has 13 heteroatoms. The van der Waals surface area contributed by atoms with Crippen LogP contribution in [0.3, 0.4) is 0 Å². The zero-order valence-corrected chi connectivity index (χ0v) is 25.2. The molecule has 0 saturated carbocycles. The number of halogens is 5. The highest BCUT2D eigenvalue weighted by atomic mass is 35.5. The molecule has 0 spiro atoms. The number of imidazole rings is 1. The monoisotopic (exact) mass is 666 g/mol. The van der Waals surface area contributed by atoms with Crippen molar-refractivity contribution < 1.29 is 30.8 Å². The van der Waals surface area contributed by atoms with E-state index in [1.54, 1.807) is 72.9 Å². The molecule has 0 aliphatic carbocycles. The second kappa shape index (κ2) is 12.1. The molecule has 0 bridgehead atoms. The van der Waals surface area contributed by atoms with E-state index in [2.05, 4.69) is 0 Å². The molecule has 234 valence electrons. The van der Waals surface area contributed by atoms with Gasteiger partial charge in [0.05, 0.1) is 22.0 Å². The molecular weight excluding hydrogens is 644 g/mol. The highest BCUT2D eigenvalue weighted by molar-refractivity contribution is 7.92. The number of amides is 1. The van der Waals surface area contributed by atoms with Gasteiger partial charge in [-0.05, 0) is 70.8 Å². The Balaban J connectivity index is 1.28. The van der Waals surface area contributed by atoms with Gasteiger partial charge in [-0.1, -0.05) is 66.2 Å². The minimum atomic E-state index is -4.44. The molecule has 1 aromatic heterocycles. The number of carbonyl (C=O) groups excluding carboxylic acids is 1. The van der Waals surface area contributed by atoms with Crippen molar-refractivity contribution >= 4 is 45.6 Å². The van der Waals surface area contributed by atoms with Gasteiger partial charge in [-0.25, -0.2) is 18.4 Å². The van der Waals surface area contributed by atoms with Crippen LogP contribution in [0.5, 0.6) is 0 Å². The minimum Gasteiger partial charge on any atom is -0.326 e. The predicted octanol–water partition coefficient (Wildman–Crippen LogP) is 7.43. The summed E-state index contributed by atoms with van der Waals surface area (Å²) in [5.74, 6) is -0.576. The van der Waals surface area contributed by atoms with E-state index in [-0.39, 0.29) is 11.6 Å². The highest BCUT2D eigenvalue weighted by Gasteiger charge is 2.34. The van der Waals surface area contributed by atoms with E-state index in [1.807, 2.05) is 9.29 Å². The number of benzene rings is 4. The number of carbonyl (C=O) groups is 1. The lowest BCUT2D eigenvalue weighted by Gasteiger charge is -2.15. The molecule has 1 amide bonds. The van der Waals surface area contributed by atoms with Crippen LogP contribution < -0.4 is 9.03 Å². The normalized spacial score (nSPS) is 14.6. The molecule has 0 atom stereocenters. The molecule has 1 fully saturated rings. The van der Waals surface area contributed by atoms with Crippen LogP contribution in [-0.2, 0) is 27.7 Å². The van der Waals surface area contributed by atoms with Crippen molar-refractivity contribution in [2.24, 2.45) is 0 Å². The first-order chi connectivity index (χ1) is 21.9. The van der Waals surface area contributed by atoms with E-state index in [4.69, 9.17) is 16.6 Å². The van der Waals surface area contributed by atoms with Gasteiger partial charge in [-0.3, -0.25) is 4.79 Å². The summed E-state index contributed by atoms with van der Waals surface area (Å²) in [4.78, 5) is 16.3. The van der Waals surface area contributed by atoms with Crippen LogP contribution in [0.15, 0.2) is 97.2 Å². The van der Waals surface area contributed by atoms with Gasteiger partial charge in [0, 0.05) is 18.3 Å². The van der Waals surface area contributed by atoms with Crippen molar-refractivity contribution in [3.05, 3.63) is 131 Å². The Morgan fingerprint density at radius 2 is 1.65 bits per heavy atom. The number of hydrogen-bond acceptors (Lipinski definition) is 4. The van der Waals surface area contributed by atoms with Crippen LogP contribution in [0.4, 0.5) is 23.2 Å². The van der Waals surface area contributed by atoms with Gasteiger partial charge in [0.15, 0.2) is 0 Å². The summed E-state index contributed by atoms with van der Waals surface area (Å²) in [6.07, 6.45) is 0.891.